The molecule has 1 aliphatic heterocycles. The van der Waals surface area contributed by atoms with E-state index in [1.54, 1.807) is 0 Å². The summed E-state index contributed by atoms with van der Waals surface area (Å²) < 4.78 is 1.89. The first-order valence-electron chi connectivity index (χ1n) is 6.92. The Kier molecular flexibility index (Phi) is 3.14. The molecule has 0 bridgehead atoms. The van der Waals surface area contributed by atoms with Gasteiger partial charge in [0, 0.05) is 24.3 Å². The number of pyridine rings is 1. The van der Waals surface area contributed by atoms with Crippen LogP contribution in [0.3, 0.4) is 0 Å². The number of piperidine rings is 1. The monoisotopic (exact) mass is 259 g/mol. The first-order chi connectivity index (χ1) is 9.13. The van der Waals surface area contributed by atoms with Crippen molar-refractivity contribution in [3.8, 4) is 0 Å². The third-order valence-corrected chi connectivity index (χ3v) is 4.09. The first kappa shape index (κ1) is 12.4. The van der Waals surface area contributed by atoms with Crippen LogP contribution in [0, 0.1) is 6.92 Å². The summed E-state index contributed by atoms with van der Waals surface area (Å²) >= 11 is 0. The normalized spacial score (nSPS) is 24.8. The lowest BCUT2D eigenvalue weighted by atomic mass is 9.99. The number of rotatable bonds is 2. The highest BCUT2D eigenvalue weighted by atomic mass is 15.4. The molecular formula is C14H21N5. The van der Waals surface area contributed by atoms with Gasteiger partial charge in [0.1, 0.15) is 0 Å². The molecule has 19 heavy (non-hydrogen) atoms. The number of anilines is 1. The molecule has 2 aromatic heterocycles. The topological polar surface area (TPSA) is 45.5 Å². The Morgan fingerprint density at radius 3 is 2.95 bits per heavy atom. The van der Waals surface area contributed by atoms with Gasteiger partial charge in [0.2, 0.25) is 5.95 Å². The van der Waals surface area contributed by atoms with Gasteiger partial charge in [-0.05, 0) is 45.9 Å². The van der Waals surface area contributed by atoms with Crippen LogP contribution >= 0.6 is 0 Å². The van der Waals surface area contributed by atoms with Crippen LogP contribution in [-0.2, 0) is 0 Å². The van der Waals surface area contributed by atoms with Crippen molar-refractivity contribution in [3.05, 3.63) is 23.9 Å². The average molecular weight is 259 g/mol. The van der Waals surface area contributed by atoms with Gasteiger partial charge in [-0.3, -0.25) is 0 Å². The van der Waals surface area contributed by atoms with Crippen molar-refractivity contribution < 1.29 is 0 Å². The molecule has 0 radical (unpaired) electrons. The van der Waals surface area contributed by atoms with Crippen LogP contribution in [0.25, 0.3) is 5.65 Å². The maximum Gasteiger partial charge on any atom is 0.243 e. The lowest BCUT2D eigenvalue weighted by Gasteiger charge is -2.35. The van der Waals surface area contributed by atoms with Crippen molar-refractivity contribution >= 4 is 11.6 Å². The van der Waals surface area contributed by atoms with Crippen molar-refractivity contribution in [2.45, 2.75) is 38.8 Å². The average Bonchev–Trinajstić information content (AvgIpc) is 2.78. The molecule has 1 N–H and O–H groups in total. The molecule has 2 aromatic rings. The standard InChI is InChI=1S/C14H21N5/c1-10-5-4-6-13-16-14(17-19(10)13)15-12-7-8-18(3)11(2)9-12/h4-6,11-12H,7-9H2,1-3H3,(H,15,17). The van der Waals surface area contributed by atoms with Crippen molar-refractivity contribution in [3.63, 3.8) is 0 Å². The Bertz CT molecular complexity index is 576. The van der Waals surface area contributed by atoms with E-state index in [2.05, 4.69) is 34.3 Å². The molecule has 0 aromatic carbocycles. The van der Waals surface area contributed by atoms with Gasteiger partial charge in [-0.2, -0.15) is 4.98 Å². The van der Waals surface area contributed by atoms with Crippen LogP contribution in [-0.4, -0.2) is 45.2 Å². The molecule has 1 aliphatic rings. The zero-order valence-corrected chi connectivity index (χ0v) is 11.8. The van der Waals surface area contributed by atoms with Gasteiger partial charge in [0.05, 0.1) is 0 Å². The van der Waals surface area contributed by atoms with Crippen LogP contribution in [0.1, 0.15) is 25.5 Å². The number of aryl methyl sites for hydroxylation is 1. The highest BCUT2D eigenvalue weighted by molar-refractivity contribution is 5.44. The molecule has 0 saturated carbocycles. The third kappa shape index (κ3) is 2.42. The molecule has 1 fully saturated rings. The summed E-state index contributed by atoms with van der Waals surface area (Å²) in [7, 11) is 2.19. The molecular weight excluding hydrogens is 238 g/mol. The van der Waals surface area contributed by atoms with E-state index in [1.807, 2.05) is 29.6 Å². The molecule has 5 heteroatoms. The molecule has 2 unspecified atom stereocenters. The number of likely N-dealkylation sites (tertiary alicyclic amines) is 1. The minimum Gasteiger partial charge on any atom is -0.350 e. The molecule has 0 spiro atoms. The van der Waals surface area contributed by atoms with E-state index >= 15 is 0 Å². The summed E-state index contributed by atoms with van der Waals surface area (Å²) in [5.41, 5.74) is 2.01. The van der Waals surface area contributed by atoms with E-state index in [9.17, 15) is 0 Å². The van der Waals surface area contributed by atoms with Gasteiger partial charge in [-0.15, -0.1) is 5.10 Å². The number of aromatic nitrogens is 3. The minimum atomic E-state index is 0.476. The fourth-order valence-electron chi connectivity index (χ4n) is 2.70. The summed E-state index contributed by atoms with van der Waals surface area (Å²) in [6.07, 6.45) is 2.29. The van der Waals surface area contributed by atoms with Gasteiger partial charge in [0.25, 0.3) is 0 Å². The second-order valence-electron chi connectivity index (χ2n) is 5.57. The molecule has 5 nitrogen and oxygen atoms in total. The highest BCUT2D eigenvalue weighted by Gasteiger charge is 2.23. The van der Waals surface area contributed by atoms with Crippen molar-refractivity contribution in [2.75, 3.05) is 18.9 Å². The summed E-state index contributed by atoms with van der Waals surface area (Å²) in [5.74, 6) is 0.746. The smallest absolute Gasteiger partial charge is 0.243 e. The van der Waals surface area contributed by atoms with E-state index in [1.165, 1.54) is 0 Å². The van der Waals surface area contributed by atoms with Crippen LogP contribution < -0.4 is 5.32 Å². The summed E-state index contributed by atoms with van der Waals surface area (Å²) in [6.45, 7) is 5.45. The molecule has 1 saturated heterocycles. The predicted molar refractivity (Wildman–Crippen MR) is 76.5 cm³/mol. The lowest BCUT2D eigenvalue weighted by molar-refractivity contribution is 0.190. The van der Waals surface area contributed by atoms with E-state index in [4.69, 9.17) is 0 Å². The number of nitrogens with zero attached hydrogens (tertiary/aromatic N) is 4. The molecule has 0 aliphatic carbocycles. The van der Waals surface area contributed by atoms with E-state index in [0.29, 0.717) is 12.1 Å². The molecule has 3 heterocycles. The number of hydrogen-bond acceptors (Lipinski definition) is 4. The minimum absolute atomic E-state index is 0.476. The van der Waals surface area contributed by atoms with Gasteiger partial charge < -0.3 is 10.2 Å². The van der Waals surface area contributed by atoms with Crippen molar-refractivity contribution in [1.82, 2.24) is 19.5 Å². The second kappa shape index (κ2) is 4.81. The van der Waals surface area contributed by atoms with Gasteiger partial charge in [-0.25, -0.2) is 4.52 Å². The van der Waals surface area contributed by atoms with Gasteiger partial charge in [-0.1, -0.05) is 6.07 Å². The van der Waals surface area contributed by atoms with Gasteiger partial charge >= 0.3 is 0 Å². The molecule has 2 atom stereocenters. The fourth-order valence-corrected chi connectivity index (χ4v) is 2.70. The Morgan fingerprint density at radius 2 is 2.21 bits per heavy atom. The fraction of sp³-hybridized carbons (Fsp3) is 0.571. The molecule has 0 amide bonds. The Hall–Kier alpha value is -1.62. The maximum atomic E-state index is 4.54. The van der Waals surface area contributed by atoms with Crippen LogP contribution in [0.4, 0.5) is 5.95 Å². The molecule has 102 valence electrons. The third-order valence-electron chi connectivity index (χ3n) is 4.09. The van der Waals surface area contributed by atoms with E-state index in [0.717, 1.165) is 36.7 Å². The summed E-state index contributed by atoms with van der Waals surface area (Å²) in [4.78, 5) is 6.94. The van der Waals surface area contributed by atoms with Crippen LogP contribution in [0.2, 0.25) is 0 Å². The number of nitrogens with one attached hydrogen (secondary N) is 1. The maximum absolute atomic E-state index is 4.54. The van der Waals surface area contributed by atoms with E-state index in [-0.39, 0.29) is 0 Å². The molecule has 3 rings (SSSR count). The van der Waals surface area contributed by atoms with Crippen LogP contribution in [0.15, 0.2) is 18.2 Å². The SMILES string of the molecule is Cc1cccc2nc(NC3CCN(C)C(C)C3)nn12. The highest BCUT2D eigenvalue weighted by Crippen LogP contribution is 2.18. The van der Waals surface area contributed by atoms with Gasteiger partial charge in [0.15, 0.2) is 5.65 Å². The summed E-state index contributed by atoms with van der Waals surface area (Å²) in [6, 6.07) is 7.14. The van der Waals surface area contributed by atoms with Crippen LogP contribution in [0.5, 0.6) is 0 Å². The van der Waals surface area contributed by atoms with E-state index < -0.39 is 0 Å². The van der Waals surface area contributed by atoms with Crippen molar-refractivity contribution in [1.29, 1.82) is 0 Å². The Morgan fingerprint density at radius 1 is 1.37 bits per heavy atom. The number of fused-ring (bicyclic) bond motifs is 1. The summed E-state index contributed by atoms with van der Waals surface area (Å²) in [5, 5.41) is 8.01. The lowest BCUT2D eigenvalue weighted by Crippen LogP contribution is -2.42. The Labute approximate surface area is 113 Å². The second-order valence-corrected chi connectivity index (χ2v) is 5.57. The zero-order valence-electron chi connectivity index (χ0n) is 11.8. The quantitative estimate of drug-likeness (QED) is 0.895. The first-order valence-corrected chi connectivity index (χ1v) is 6.92. The van der Waals surface area contributed by atoms with Crippen molar-refractivity contribution in [2.24, 2.45) is 0 Å². The zero-order chi connectivity index (χ0) is 13.4. The number of hydrogen-bond donors (Lipinski definition) is 1. The predicted octanol–water partition coefficient (Wildman–Crippen LogP) is 1.93. The Balaban J connectivity index is 1.77. The largest absolute Gasteiger partial charge is 0.350 e.